The molecule has 1 N–H and O–H groups in total. The number of amides is 1. The average molecular weight is 446 g/mol. The normalized spacial score (nSPS) is 15.5. The molecular weight excluding hydrogens is 414 g/mol. The van der Waals surface area contributed by atoms with E-state index in [4.69, 9.17) is 4.74 Å². The molecule has 0 spiro atoms. The molecule has 1 amide bonds. The predicted molar refractivity (Wildman–Crippen MR) is 120 cm³/mol. The van der Waals surface area contributed by atoms with Gasteiger partial charge in [0.1, 0.15) is 5.75 Å². The zero-order chi connectivity index (χ0) is 22.3. The molecule has 1 aliphatic rings. The standard InChI is InChI=1S/C23H31N3O4S/c1-3-4-19-5-9-21(10-6-19)30-18-23(27)24-17-20-7-11-22(12-8-20)31(28,29)26-15-13-25(2)14-16-26/h5-12H,3-4,13-18H2,1-2H3,(H,24,27). The van der Waals surface area contributed by atoms with Crippen LogP contribution in [-0.4, -0.2) is 63.4 Å². The van der Waals surface area contributed by atoms with Gasteiger partial charge in [-0.1, -0.05) is 37.6 Å². The number of rotatable bonds is 9. The second-order valence-corrected chi connectivity index (χ2v) is 9.75. The van der Waals surface area contributed by atoms with Crippen molar-refractivity contribution < 1.29 is 17.9 Å². The van der Waals surface area contributed by atoms with Crippen LogP contribution in [0.3, 0.4) is 0 Å². The summed E-state index contributed by atoms with van der Waals surface area (Å²) in [7, 11) is -1.49. The number of likely N-dealkylation sites (N-methyl/N-ethyl adjacent to an activating group) is 1. The molecule has 0 bridgehead atoms. The molecular formula is C23H31N3O4S. The topological polar surface area (TPSA) is 78.9 Å². The van der Waals surface area contributed by atoms with Gasteiger partial charge >= 0.3 is 0 Å². The molecule has 2 aromatic rings. The summed E-state index contributed by atoms with van der Waals surface area (Å²) in [4.78, 5) is 14.5. The van der Waals surface area contributed by atoms with Crippen molar-refractivity contribution in [3.8, 4) is 5.75 Å². The zero-order valence-electron chi connectivity index (χ0n) is 18.2. The SMILES string of the molecule is CCCc1ccc(OCC(=O)NCc2ccc(S(=O)(=O)N3CCN(C)CC3)cc2)cc1. The third-order valence-electron chi connectivity index (χ3n) is 5.35. The fourth-order valence-corrected chi connectivity index (χ4v) is 4.82. The molecule has 0 radical (unpaired) electrons. The van der Waals surface area contributed by atoms with Gasteiger partial charge < -0.3 is 15.0 Å². The minimum atomic E-state index is -3.48. The van der Waals surface area contributed by atoms with Crippen molar-refractivity contribution in [2.24, 2.45) is 0 Å². The van der Waals surface area contributed by atoms with Gasteiger partial charge in [-0.25, -0.2) is 8.42 Å². The Labute approximate surface area is 185 Å². The van der Waals surface area contributed by atoms with Crippen LogP contribution in [0.2, 0.25) is 0 Å². The Hall–Kier alpha value is -2.42. The van der Waals surface area contributed by atoms with Crippen LogP contribution in [0.4, 0.5) is 0 Å². The molecule has 7 nitrogen and oxygen atoms in total. The van der Waals surface area contributed by atoms with E-state index in [2.05, 4.69) is 17.1 Å². The molecule has 1 fully saturated rings. The first-order valence-corrected chi connectivity index (χ1v) is 12.1. The number of nitrogens with zero attached hydrogens (tertiary/aromatic N) is 2. The Balaban J connectivity index is 1.46. The van der Waals surface area contributed by atoms with E-state index in [1.165, 1.54) is 9.87 Å². The predicted octanol–water partition coefficient (Wildman–Crippen LogP) is 2.27. The maximum atomic E-state index is 12.8. The molecule has 0 saturated carbocycles. The number of ether oxygens (including phenoxy) is 1. The smallest absolute Gasteiger partial charge is 0.258 e. The van der Waals surface area contributed by atoms with Crippen LogP contribution in [0.25, 0.3) is 0 Å². The van der Waals surface area contributed by atoms with Gasteiger partial charge in [-0.15, -0.1) is 0 Å². The van der Waals surface area contributed by atoms with Crippen LogP contribution in [-0.2, 0) is 27.8 Å². The van der Waals surface area contributed by atoms with Crippen LogP contribution in [0.1, 0.15) is 24.5 Å². The van der Waals surface area contributed by atoms with E-state index in [0.717, 1.165) is 31.5 Å². The van der Waals surface area contributed by atoms with Gasteiger partial charge in [0.05, 0.1) is 4.90 Å². The molecule has 8 heteroatoms. The van der Waals surface area contributed by atoms with Crippen LogP contribution < -0.4 is 10.1 Å². The molecule has 0 aliphatic carbocycles. The van der Waals surface area contributed by atoms with E-state index < -0.39 is 10.0 Å². The van der Waals surface area contributed by atoms with E-state index in [0.29, 0.717) is 25.4 Å². The number of piperazine rings is 1. The largest absolute Gasteiger partial charge is 0.484 e. The Morgan fingerprint density at radius 3 is 2.19 bits per heavy atom. The van der Waals surface area contributed by atoms with Gasteiger partial charge in [-0.05, 0) is 48.9 Å². The molecule has 2 aromatic carbocycles. The first kappa shape index (κ1) is 23.2. The third kappa shape index (κ3) is 6.53. The number of benzene rings is 2. The molecule has 168 valence electrons. The zero-order valence-corrected chi connectivity index (χ0v) is 19.0. The second kappa shape index (κ2) is 10.7. The maximum Gasteiger partial charge on any atom is 0.258 e. The maximum absolute atomic E-state index is 12.8. The monoisotopic (exact) mass is 445 g/mol. The van der Waals surface area contributed by atoms with Gasteiger partial charge in [0.25, 0.3) is 5.91 Å². The minimum Gasteiger partial charge on any atom is -0.484 e. The van der Waals surface area contributed by atoms with Crippen LogP contribution in [0.5, 0.6) is 5.75 Å². The summed E-state index contributed by atoms with van der Waals surface area (Å²) in [5, 5.41) is 2.80. The second-order valence-electron chi connectivity index (χ2n) is 7.81. The summed E-state index contributed by atoms with van der Waals surface area (Å²) in [5.41, 5.74) is 2.08. The fraction of sp³-hybridized carbons (Fsp3) is 0.435. The van der Waals surface area contributed by atoms with Crippen molar-refractivity contribution in [1.29, 1.82) is 0 Å². The van der Waals surface area contributed by atoms with Gasteiger partial charge in [0.2, 0.25) is 10.0 Å². The number of carbonyl (C=O) groups is 1. The molecule has 31 heavy (non-hydrogen) atoms. The van der Waals surface area contributed by atoms with Crippen molar-refractivity contribution in [2.45, 2.75) is 31.2 Å². The highest BCUT2D eigenvalue weighted by molar-refractivity contribution is 7.89. The molecule has 1 heterocycles. The van der Waals surface area contributed by atoms with E-state index in [1.54, 1.807) is 24.3 Å². The van der Waals surface area contributed by atoms with Gasteiger partial charge in [-0.2, -0.15) is 4.31 Å². The quantitative estimate of drug-likeness (QED) is 0.641. The Bertz CT molecular complexity index is 951. The lowest BCUT2D eigenvalue weighted by Gasteiger charge is -2.31. The fourth-order valence-electron chi connectivity index (χ4n) is 3.40. The molecule has 0 aromatic heterocycles. The Morgan fingerprint density at radius 1 is 0.968 bits per heavy atom. The number of nitrogens with one attached hydrogen (secondary N) is 1. The lowest BCUT2D eigenvalue weighted by molar-refractivity contribution is -0.123. The van der Waals surface area contributed by atoms with Gasteiger partial charge in [0.15, 0.2) is 6.61 Å². The van der Waals surface area contributed by atoms with E-state index >= 15 is 0 Å². The molecule has 0 unspecified atom stereocenters. The highest BCUT2D eigenvalue weighted by Gasteiger charge is 2.27. The summed E-state index contributed by atoms with van der Waals surface area (Å²) in [6.07, 6.45) is 2.11. The third-order valence-corrected chi connectivity index (χ3v) is 7.26. The average Bonchev–Trinajstić information content (AvgIpc) is 2.78. The number of sulfonamides is 1. The first-order chi connectivity index (χ1) is 14.9. The van der Waals surface area contributed by atoms with Gasteiger partial charge in [-0.3, -0.25) is 4.79 Å². The van der Waals surface area contributed by atoms with E-state index in [1.807, 2.05) is 31.3 Å². The lowest BCUT2D eigenvalue weighted by atomic mass is 10.1. The van der Waals surface area contributed by atoms with Crippen LogP contribution >= 0.6 is 0 Å². The van der Waals surface area contributed by atoms with Crippen molar-refractivity contribution in [2.75, 3.05) is 39.8 Å². The first-order valence-electron chi connectivity index (χ1n) is 10.6. The highest BCUT2D eigenvalue weighted by atomic mass is 32.2. The minimum absolute atomic E-state index is 0.0665. The summed E-state index contributed by atoms with van der Waals surface area (Å²) < 4.78 is 32.6. The molecule has 3 rings (SSSR count). The molecule has 0 atom stereocenters. The van der Waals surface area contributed by atoms with E-state index in [-0.39, 0.29) is 17.4 Å². The van der Waals surface area contributed by atoms with Crippen molar-refractivity contribution in [3.05, 3.63) is 59.7 Å². The number of hydrogen-bond acceptors (Lipinski definition) is 5. The highest BCUT2D eigenvalue weighted by Crippen LogP contribution is 2.18. The summed E-state index contributed by atoms with van der Waals surface area (Å²) in [5.74, 6) is 0.431. The Morgan fingerprint density at radius 2 is 1.58 bits per heavy atom. The summed E-state index contributed by atoms with van der Waals surface area (Å²) in [6, 6.07) is 14.4. The number of hydrogen-bond donors (Lipinski definition) is 1. The summed E-state index contributed by atoms with van der Waals surface area (Å²) >= 11 is 0. The van der Waals surface area contributed by atoms with Crippen molar-refractivity contribution in [1.82, 2.24) is 14.5 Å². The van der Waals surface area contributed by atoms with Crippen LogP contribution in [0.15, 0.2) is 53.4 Å². The number of carbonyl (C=O) groups excluding carboxylic acids is 1. The molecule has 1 aliphatic heterocycles. The van der Waals surface area contributed by atoms with Crippen LogP contribution in [0, 0.1) is 0 Å². The lowest BCUT2D eigenvalue weighted by Crippen LogP contribution is -2.47. The van der Waals surface area contributed by atoms with Crippen molar-refractivity contribution >= 4 is 15.9 Å². The molecule has 1 saturated heterocycles. The Kier molecular flexibility index (Phi) is 8.06. The number of aryl methyl sites for hydroxylation is 1. The van der Waals surface area contributed by atoms with E-state index in [9.17, 15) is 13.2 Å². The van der Waals surface area contributed by atoms with Crippen molar-refractivity contribution in [3.63, 3.8) is 0 Å². The summed E-state index contributed by atoms with van der Waals surface area (Å²) in [6.45, 7) is 4.84. The van der Waals surface area contributed by atoms with Gasteiger partial charge in [0, 0.05) is 32.7 Å².